The third kappa shape index (κ3) is 2.02. The van der Waals surface area contributed by atoms with Gasteiger partial charge in [-0.2, -0.15) is 0 Å². The SMILES string of the molecule is N[C@H]1c2ccccc2C[C@H]1OC(=O)C1CCCO1. The fourth-order valence-electron chi connectivity index (χ4n) is 2.69. The van der Waals surface area contributed by atoms with Crippen molar-refractivity contribution in [1.82, 2.24) is 0 Å². The molecule has 1 aliphatic carbocycles. The first kappa shape index (κ1) is 11.7. The number of nitrogens with two attached hydrogens (primary N) is 1. The molecule has 1 aromatic rings. The molecule has 0 bridgehead atoms. The highest BCUT2D eigenvalue weighted by atomic mass is 16.6. The van der Waals surface area contributed by atoms with Gasteiger partial charge in [-0.15, -0.1) is 0 Å². The minimum Gasteiger partial charge on any atom is -0.458 e. The Morgan fingerprint density at radius 1 is 1.39 bits per heavy atom. The molecule has 3 rings (SSSR count). The maximum atomic E-state index is 11.9. The van der Waals surface area contributed by atoms with Gasteiger partial charge in [-0.05, 0) is 24.0 Å². The molecule has 2 N–H and O–H groups in total. The molecule has 0 aromatic heterocycles. The van der Waals surface area contributed by atoms with Crippen molar-refractivity contribution in [2.24, 2.45) is 5.73 Å². The molecular weight excluding hydrogens is 230 g/mol. The Hall–Kier alpha value is -1.39. The van der Waals surface area contributed by atoms with Crippen LogP contribution in [0.3, 0.4) is 0 Å². The third-order valence-corrected chi connectivity index (χ3v) is 3.70. The van der Waals surface area contributed by atoms with Crippen molar-refractivity contribution in [3.05, 3.63) is 35.4 Å². The average molecular weight is 247 g/mol. The number of rotatable bonds is 2. The van der Waals surface area contributed by atoms with Crippen LogP contribution in [0, 0.1) is 0 Å². The van der Waals surface area contributed by atoms with Crippen LogP contribution in [0.15, 0.2) is 24.3 Å². The molecule has 0 saturated carbocycles. The lowest BCUT2D eigenvalue weighted by Crippen LogP contribution is -2.32. The van der Waals surface area contributed by atoms with Crippen LogP contribution in [0.25, 0.3) is 0 Å². The lowest BCUT2D eigenvalue weighted by Gasteiger charge is -2.19. The molecule has 4 nitrogen and oxygen atoms in total. The van der Waals surface area contributed by atoms with Crippen molar-refractivity contribution < 1.29 is 14.3 Å². The van der Waals surface area contributed by atoms with E-state index in [4.69, 9.17) is 15.2 Å². The zero-order chi connectivity index (χ0) is 12.5. The van der Waals surface area contributed by atoms with Crippen LogP contribution in [-0.2, 0) is 20.7 Å². The second-order valence-corrected chi connectivity index (χ2v) is 4.91. The van der Waals surface area contributed by atoms with Crippen LogP contribution in [0.2, 0.25) is 0 Å². The van der Waals surface area contributed by atoms with Gasteiger partial charge >= 0.3 is 5.97 Å². The van der Waals surface area contributed by atoms with E-state index in [9.17, 15) is 4.79 Å². The number of esters is 1. The van der Waals surface area contributed by atoms with Gasteiger partial charge in [0.25, 0.3) is 0 Å². The summed E-state index contributed by atoms with van der Waals surface area (Å²) < 4.78 is 10.8. The van der Waals surface area contributed by atoms with Crippen molar-refractivity contribution in [1.29, 1.82) is 0 Å². The van der Waals surface area contributed by atoms with Crippen LogP contribution >= 0.6 is 0 Å². The number of ether oxygens (including phenoxy) is 2. The zero-order valence-electron chi connectivity index (χ0n) is 10.2. The van der Waals surface area contributed by atoms with Gasteiger partial charge in [0.2, 0.25) is 0 Å². The van der Waals surface area contributed by atoms with E-state index in [1.165, 1.54) is 5.56 Å². The smallest absolute Gasteiger partial charge is 0.335 e. The van der Waals surface area contributed by atoms with E-state index in [1.807, 2.05) is 24.3 Å². The minimum atomic E-state index is -0.388. The lowest BCUT2D eigenvalue weighted by molar-refractivity contribution is -0.160. The molecule has 1 heterocycles. The molecule has 0 spiro atoms. The van der Waals surface area contributed by atoms with E-state index >= 15 is 0 Å². The molecule has 4 heteroatoms. The first-order valence-corrected chi connectivity index (χ1v) is 6.41. The fourth-order valence-corrected chi connectivity index (χ4v) is 2.69. The van der Waals surface area contributed by atoms with E-state index in [-0.39, 0.29) is 24.2 Å². The Balaban J connectivity index is 1.67. The highest BCUT2D eigenvalue weighted by molar-refractivity contribution is 5.75. The summed E-state index contributed by atoms with van der Waals surface area (Å²) in [5.41, 5.74) is 8.38. The van der Waals surface area contributed by atoms with Gasteiger partial charge in [-0.3, -0.25) is 0 Å². The van der Waals surface area contributed by atoms with Crippen molar-refractivity contribution in [2.75, 3.05) is 6.61 Å². The number of hydrogen-bond acceptors (Lipinski definition) is 4. The first-order chi connectivity index (χ1) is 8.75. The van der Waals surface area contributed by atoms with Crippen LogP contribution in [0.1, 0.15) is 30.0 Å². The largest absolute Gasteiger partial charge is 0.458 e. The maximum absolute atomic E-state index is 11.9. The van der Waals surface area contributed by atoms with Crippen LogP contribution < -0.4 is 5.73 Å². The van der Waals surface area contributed by atoms with Crippen molar-refractivity contribution in [3.63, 3.8) is 0 Å². The molecule has 1 unspecified atom stereocenters. The number of hydrogen-bond donors (Lipinski definition) is 1. The topological polar surface area (TPSA) is 61.5 Å². The third-order valence-electron chi connectivity index (χ3n) is 3.70. The lowest BCUT2D eigenvalue weighted by atomic mass is 10.1. The van der Waals surface area contributed by atoms with Crippen LogP contribution in [0.4, 0.5) is 0 Å². The number of carbonyl (C=O) groups excluding carboxylic acids is 1. The first-order valence-electron chi connectivity index (χ1n) is 6.41. The van der Waals surface area contributed by atoms with E-state index in [2.05, 4.69) is 0 Å². The summed E-state index contributed by atoms with van der Waals surface area (Å²) in [7, 11) is 0. The molecule has 2 aliphatic rings. The molecule has 1 fully saturated rings. The van der Waals surface area contributed by atoms with Gasteiger partial charge in [0, 0.05) is 13.0 Å². The normalized spacial score (nSPS) is 30.2. The maximum Gasteiger partial charge on any atom is 0.335 e. The molecule has 1 saturated heterocycles. The quantitative estimate of drug-likeness (QED) is 0.801. The predicted molar refractivity (Wildman–Crippen MR) is 65.9 cm³/mol. The Bertz CT molecular complexity index is 454. The predicted octanol–water partition coefficient (Wildman–Crippen LogP) is 1.33. The summed E-state index contributed by atoms with van der Waals surface area (Å²) in [5, 5.41) is 0. The molecule has 1 aromatic carbocycles. The van der Waals surface area contributed by atoms with Gasteiger partial charge < -0.3 is 15.2 Å². The number of benzene rings is 1. The summed E-state index contributed by atoms with van der Waals surface area (Å²) in [6.07, 6.45) is 1.75. The van der Waals surface area contributed by atoms with Crippen molar-refractivity contribution >= 4 is 5.97 Å². The number of fused-ring (bicyclic) bond motifs is 1. The molecule has 96 valence electrons. The highest BCUT2D eigenvalue weighted by Crippen LogP contribution is 2.32. The second-order valence-electron chi connectivity index (χ2n) is 4.91. The summed E-state index contributed by atoms with van der Waals surface area (Å²) in [5.74, 6) is -0.263. The minimum absolute atomic E-state index is 0.216. The molecule has 3 atom stereocenters. The van der Waals surface area contributed by atoms with Gasteiger partial charge in [0.1, 0.15) is 6.10 Å². The van der Waals surface area contributed by atoms with E-state index < -0.39 is 0 Å². The van der Waals surface area contributed by atoms with E-state index in [0.29, 0.717) is 13.0 Å². The van der Waals surface area contributed by atoms with E-state index in [0.717, 1.165) is 18.4 Å². The Morgan fingerprint density at radius 2 is 2.22 bits per heavy atom. The van der Waals surface area contributed by atoms with Gasteiger partial charge in [0.15, 0.2) is 6.10 Å². The number of carbonyl (C=O) groups is 1. The zero-order valence-corrected chi connectivity index (χ0v) is 10.2. The summed E-state index contributed by atoms with van der Waals surface area (Å²) in [6.45, 7) is 0.650. The summed E-state index contributed by atoms with van der Waals surface area (Å²) >= 11 is 0. The second kappa shape index (κ2) is 4.71. The highest BCUT2D eigenvalue weighted by Gasteiger charge is 2.35. The Kier molecular flexibility index (Phi) is 3.06. The van der Waals surface area contributed by atoms with Gasteiger partial charge in [-0.25, -0.2) is 4.79 Å². The van der Waals surface area contributed by atoms with Gasteiger partial charge in [-0.1, -0.05) is 24.3 Å². The average Bonchev–Trinajstić information content (AvgIpc) is 3.00. The van der Waals surface area contributed by atoms with Crippen LogP contribution in [0.5, 0.6) is 0 Å². The molecule has 1 aliphatic heterocycles. The molecule has 18 heavy (non-hydrogen) atoms. The molecule has 0 radical (unpaired) electrons. The van der Waals surface area contributed by atoms with Crippen molar-refractivity contribution in [2.45, 2.75) is 37.5 Å². The fraction of sp³-hybridized carbons (Fsp3) is 0.500. The monoisotopic (exact) mass is 247 g/mol. The molecular formula is C14H17NO3. The Morgan fingerprint density at radius 3 is 2.94 bits per heavy atom. The summed E-state index contributed by atoms with van der Waals surface area (Å²) in [4.78, 5) is 11.9. The van der Waals surface area contributed by atoms with Crippen molar-refractivity contribution in [3.8, 4) is 0 Å². The van der Waals surface area contributed by atoms with Crippen LogP contribution in [-0.4, -0.2) is 24.8 Å². The standard InChI is InChI=1S/C14H17NO3/c15-13-10-5-2-1-4-9(10)8-12(13)18-14(16)11-6-3-7-17-11/h1-2,4-5,11-13H,3,6-8,15H2/t11?,12-,13+/m1/s1. The van der Waals surface area contributed by atoms with Gasteiger partial charge in [0.05, 0.1) is 6.04 Å². The summed E-state index contributed by atoms with van der Waals surface area (Å²) in [6, 6.07) is 7.76. The van der Waals surface area contributed by atoms with E-state index in [1.54, 1.807) is 0 Å². The Labute approximate surface area is 106 Å². The molecule has 0 amide bonds.